The largest absolute Gasteiger partial charge is 0.324 e. The standard InChI is InChI=1S/C18H21N/c1-12-6-5-7-13(2)18(12)17(19)11-15-10-14-8-3-4-9-16(14)15/h3-9,15,17H,10-11,19H2,1-2H3. The Kier molecular flexibility index (Phi) is 3.16. The van der Waals surface area contributed by atoms with Crippen LogP contribution in [0, 0.1) is 13.8 Å². The van der Waals surface area contributed by atoms with Crippen molar-refractivity contribution in [2.75, 3.05) is 0 Å². The highest BCUT2D eigenvalue weighted by Crippen LogP contribution is 2.40. The van der Waals surface area contributed by atoms with Gasteiger partial charge in [0, 0.05) is 6.04 Å². The third-order valence-electron chi connectivity index (χ3n) is 4.41. The SMILES string of the molecule is Cc1cccc(C)c1C(N)CC1Cc2ccccc21. The van der Waals surface area contributed by atoms with Gasteiger partial charge in [0.1, 0.15) is 0 Å². The van der Waals surface area contributed by atoms with Gasteiger partial charge < -0.3 is 5.73 Å². The quantitative estimate of drug-likeness (QED) is 0.875. The first-order valence-electron chi connectivity index (χ1n) is 7.06. The zero-order valence-electron chi connectivity index (χ0n) is 11.7. The Labute approximate surface area is 115 Å². The topological polar surface area (TPSA) is 26.0 Å². The number of aryl methyl sites for hydroxylation is 2. The first-order chi connectivity index (χ1) is 9.16. The third-order valence-corrected chi connectivity index (χ3v) is 4.41. The predicted molar refractivity (Wildman–Crippen MR) is 80.3 cm³/mol. The van der Waals surface area contributed by atoms with E-state index in [2.05, 4.69) is 56.3 Å². The Morgan fingerprint density at radius 3 is 2.42 bits per heavy atom. The molecule has 1 nitrogen and oxygen atoms in total. The van der Waals surface area contributed by atoms with E-state index in [4.69, 9.17) is 5.73 Å². The van der Waals surface area contributed by atoms with Crippen LogP contribution < -0.4 is 5.73 Å². The van der Waals surface area contributed by atoms with Crippen LogP contribution in [0.4, 0.5) is 0 Å². The monoisotopic (exact) mass is 251 g/mol. The minimum Gasteiger partial charge on any atom is -0.324 e. The van der Waals surface area contributed by atoms with E-state index < -0.39 is 0 Å². The van der Waals surface area contributed by atoms with Crippen LogP contribution in [-0.2, 0) is 6.42 Å². The molecule has 1 heteroatoms. The number of hydrogen-bond acceptors (Lipinski definition) is 1. The normalized spacial score (nSPS) is 18.6. The van der Waals surface area contributed by atoms with Crippen molar-refractivity contribution in [2.45, 2.75) is 38.6 Å². The van der Waals surface area contributed by atoms with E-state index in [1.165, 1.54) is 34.2 Å². The maximum Gasteiger partial charge on any atom is 0.0306 e. The predicted octanol–water partition coefficient (Wildman–Crippen LogP) is 4.03. The smallest absolute Gasteiger partial charge is 0.0306 e. The summed E-state index contributed by atoms with van der Waals surface area (Å²) in [5.41, 5.74) is 13.4. The van der Waals surface area contributed by atoms with Crippen LogP contribution in [0.15, 0.2) is 42.5 Å². The minimum atomic E-state index is 0.152. The number of fused-ring (bicyclic) bond motifs is 1. The maximum atomic E-state index is 6.46. The van der Waals surface area contributed by atoms with Crippen LogP contribution in [-0.4, -0.2) is 0 Å². The van der Waals surface area contributed by atoms with E-state index in [9.17, 15) is 0 Å². The molecular formula is C18H21N. The molecular weight excluding hydrogens is 230 g/mol. The van der Waals surface area contributed by atoms with Gasteiger partial charge in [-0.2, -0.15) is 0 Å². The molecule has 1 aliphatic carbocycles. The summed E-state index contributed by atoms with van der Waals surface area (Å²) in [5.74, 6) is 0.644. The zero-order valence-corrected chi connectivity index (χ0v) is 11.7. The molecule has 0 saturated heterocycles. The van der Waals surface area contributed by atoms with Crippen molar-refractivity contribution < 1.29 is 0 Å². The molecule has 98 valence electrons. The van der Waals surface area contributed by atoms with Gasteiger partial charge in [-0.1, -0.05) is 42.5 Å². The lowest BCUT2D eigenvalue weighted by Gasteiger charge is -2.32. The second-order valence-electron chi connectivity index (χ2n) is 5.75. The molecule has 0 aliphatic heterocycles. The van der Waals surface area contributed by atoms with E-state index in [1.54, 1.807) is 0 Å². The molecule has 2 unspecified atom stereocenters. The van der Waals surface area contributed by atoms with E-state index in [0.29, 0.717) is 5.92 Å². The van der Waals surface area contributed by atoms with Crippen LogP contribution in [0.3, 0.4) is 0 Å². The third kappa shape index (κ3) is 2.19. The molecule has 0 radical (unpaired) electrons. The van der Waals surface area contributed by atoms with Crippen LogP contribution >= 0.6 is 0 Å². The Morgan fingerprint density at radius 2 is 1.74 bits per heavy atom. The minimum absolute atomic E-state index is 0.152. The van der Waals surface area contributed by atoms with Crippen LogP contribution in [0.5, 0.6) is 0 Å². The Hall–Kier alpha value is -1.60. The van der Waals surface area contributed by atoms with Gasteiger partial charge in [0.25, 0.3) is 0 Å². The molecule has 0 bridgehead atoms. The molecule has 0 heterocycles. The highest BCUT2D eigenvalue weighted by atomic mass is 14.6. The fraction of sp³-hybridized carbons (Fsp3) is 0.333. The summed E-state index contributed by atoms with van der Waals surface area (Å²) >= 11 is 0. The van der Waals surface area contributed by atoms with Gasteiger partial charge in [-0.3, -0.25) is 0 Å². The fourth-order valence-electron chi connectivity index (χ4n) is 3.41. The molecule has 2 atom stereocenters. The van der Waals surface area contributed by atoms with E-state index >= 15 is 0 Å². The number of hydrogen-bond donors (Lipinski definition) is 1. The highest BCUT2D eigenvalue weighted by Gasteiger charge is 2.28. The molecule has 0 amide bonds. The second-order valence-corrected chi connectivity index (χ2v) is 5.75. The first kappa shape index (κ1) is 12.4. The summed E-state index contributed by atoms with van der Waals surface area (Å²) in [5, 5.41) is 0. The van der Waals surface area contributed by atoms with Crippen LogP contribution in [0.2, 0.25) is 0 Å². The van der Waals surface area contributed by atoms with E-state index in [1.807, 2.05) is 0 Å². The van der Waals surface area contributed by atoms with Crippen molar-refractivity contribution in [1.29, 1.82) is 0 Å². The maximum absolute atomic E-state index is 6.46. The van der Waals surface area contributed by atoms with Crippen molar-refractivity contribution in [3.63, 3.8) is 0 Å². The molecule has 0 spiro atoms. The lowest BCUT2D eigenvalue weighted by Crippen LogP contribution is -2.23. The van der Waals surface area contributed by atoms with Gasteiger partial charge in [0.05, 0.1) is 0 Å². The summed E-state index contributed by atoms with van der Waals surface area (Å²) in [6.45, 7) is 4.33. The zero-order chi connectivity index (χ0) is 13.4. The van der Waals surface area contributed by atoms with Gasteiger partial charge in [-0.05, 0) is 60.4 Å². The molecule has 2 aromatic carbocycles. The number of rotatable bonds is 3. The summed E-state index contributed by atoms with van der Waals surface area (Å²) in [7, 11) is 0. The van der Waals surface area contributed by atoms with Crippen molar-refractivity contribution in [2.24, 2.45) is 5.73 Å². The van der Waals surface area contributed by atoms with Crippen molar-refractivity contribution in [3.05, 3.63) is 70.3 Å². The molecule has 0 fully saturated rings. The van der Waals surface area contributed by atoms with Crippen molar-refractivity contribution >= 4 is 0 Å². The molecule has 0 saturated carbocycles. The Bertz CT molecular complexity index is 580. The van der Waals surface area contributed by atoms with Crippen molar-refractivity contribution in [1.82, 2.24) is 0 Å². The molecule has 1 aliphatic rings. The van der Waals surface area contributed by atoms with Gasteiger partial charge in [-0.15, -0.1) is 0 Å². The van der Waals surface area contributed by atoms with E-state index in [0.717, 1.165) is 6.42 Å². The van der Waals surface area contributed by atoms with E-state index in [-0.39, 0.29) is 6.04 Å². The van der Waals surface area contributed by atoms with Gasteiger partial charge in [0.15, 0.2) is 0 Å². The molecule has 0 aromatic heterocycles. The summed E-state index contributed by atoms with van der Waals surface area (Å²) < 4.78 is 0. The highest BCUT2D eigenvalue weighted by molar-refractivity contribution is 5.41. The van der Waals surface area contributed by atoms with Crippen molar-refractivity contribution in [3.8, 4) is 0 Å². The summed E-state index contributed by atoms with van der Waals surface area (Å²) in [6, 6.07) is 15.3. The van der Waals surface area contributed by atoms with Crippen LogP contribution in [0.25, 0.3) is 0 Å². The lowest BCUT2D eigenvalue weighted by molar-refractivity contribution is 0.496. The Morgan fingerprint density at radius 1 is 1.05 bits per heavy atom. The molecule has 3 rings (SSSR count). The molecule has 2 N–H and O–H groups in total. The summed E-state index contributed by atoms with van der Waals surface area (Å²) in [6.07, 6.45) is 2.25. The van der Waals surface area contributed by atoms with Gasteiger partial charge in [-0.25, -0.2) is 0 Å². The fourth-order valence-corrected chi connectivity index (χ4v) is 3.41. The van der Waals surface area contributed by atoms with Gasteiger partial charge in [0.2, 0.25) is 0 Å². The first-order valence-corrected chi connectivity index (χ1v) is 7.06. The van der Waals surface area contributed by atoms with Crippen LogP contribution in [0.1, 0.15) is 46.2 Å². The van der Waals surface area contributed by atoms with Gasteiger partial charge >= 0.3 is 0 Å². The number of benzene rings is 2. The lowest BCUT2D eigenvalue weighted by atomic mass is 9.73. The average Bonchev–Trinajstić information content (AvgIpc) is 2.36. The summed E-state index contributed by atoms with van der Waals surface area (Å²) in [4.78, 5) is 0. The Balaban J connectivity index is 1.79. The number of nitrogens with two attached hydrogens (primary N) is 1. The average molecular weight is 251 g/mol. The second kappa shape index (κ2) is 4.82. The molecule has 19 heavy (non-hydrogen) atoms. The molecule has 2 aromatic rings.